The van der Waals surface area contributed by atoms with Gasteiger partial charge in [-0.05, 0) is 12.8 Å². The first-order chi connectivity index (χ1) is 8.74. The standard InChI is InChI=1S/C13H20ClN3O/c1-3-5-7-17(8-6-4-2)13-11(9-18)12(14)15-10-16-13/h9-10H,3-8H2,1-2H3. The molecule has 1 aromatic heterocycles. The Kier molecular flexibility index (Phi) is 6.65. The summed E-state index contributed by atoms with van der Waals surface area (Å²) in [6, 6.07) is 0. The van der Waals surface area contributed by atoms with E-state index in [1.165, 1.54) is 6.33 Å². The number of halogens is 1. The van der Waals surface area contributed by atoms with Crippen LogP contribution in [0.2, 0.25) is 5.15 Å². The highest BCUT2D eigenvalue weighted by Gasteiger charge is 2.15. The number of unbranched alkanes of at least 4 members (excludes halogenated alkanes) is 2. The molecule has 0 spiro atoms. The van der Waals surface area contributed by atoms with Crippen LogP contribution in [0.1, 0.15) is 49.9 Å². The molecule has 0 aromatic carbocycles. The predicted octanol–water partition coefficient (Wildman–Crippen LogP) is 3.35. The Hall–Kier alpha value is -1.16. The van der Waals surface area contributed by atoms with Gasteiger partial charge in [0.2, 0.25) is 0 Å². The van der Waals surface area contributed by atoms with Crippen LogP contribution in [-0.2, 0) is 0 Å². The van der Waals surface area contributed by atoms with Crippen molar-refractivity contribution in [1.82, 2.24) is 9.97 Å². The lowest BCUT2D eigenvalue weighted by Gasteiger charge is -2.24. The van der Waals surface area contributed by atoms with Crippen LogP contribution in [0, 0.1) is 0 Å². The zero-order valence-electron chi connectivity index (χ0n) is 11.0. The van der Waals surface area contributed by atoms with E-state index in [9.17, 15) is 4.79 Å². The zero-order valence-corrected chi connectivity index (χ0v) is 11.8. The molecule has 100 valence electrons. The molecule has 0 saturated heterocycles. The summed E-state index contributed by atoms with van der Waals surface area (Å²) in [4.78, 5) is 21.3. The third-order valence-corrected chi connectivity index (χ3v) is 3.10. The van der Waals surface area contributed by atoms with Crippen molar-refractivity contribution in [2.75, 3.05) is 18.0 Å². The van der Waals surface area contributed by atoms with Crippen LogP contribution >= 0.6 is 11.6 Å². The van der Waals surface area contributed by atoms with E-state index in [-0.39, 0.29) is 5.15 Å². The number of nitrogens with zero attached hydrogens (tertiary/aromatic N) is 3. The summed E-state index contributed by atoms with van der Waals surface area (Å²) in [6.07, 6.45) is 6.51. The minimum atomic E-state index is 0.230. The van der Waals surface area contributed by atoms with E-state index in [4.69, 9.17) is 11.6 Å². The van der Waals surface area contributed by atoms with Gasteiger partial charge in [0.15, 0.2) is 6.29 Å². The molecule has 0 amide bonds. The quantitative estimate of drug-likeness (QED) is 0.536. The van der Waals surface area contributed by atoms with E-state index >= 15 is 0 Å². The van der Waals surface area contributed by atoms with E-state index < -0.39 is 0 Å². The second kappa shape index (κ2) is 8.03. The summed E-state index contributed by atoms with van der Waals surface area (Å²) in [5, 5.41) is 0.230. The molecule has 0 atom stereocenters. The molecule has 4 nitrogen and oxygen atoms in total. The third-order valence-electron chi connectivity index (χ3n) is 2.79. The van der Waals surface area contributed by atoms with Crippen molar-refractivity contribution in [2.24, 2.45) is 0 Å². The van der Waals surface area contributed by atoms with Crippen LogP contribution in [0.4, 0.5) is 5.82 Å². The van der Waals surface area contributed by atoms with Gasteiger partial charge in [-0.15, -0.1) is 0 Å². The Labute approximate surface area is 113 Å². The van der Waals surface area contributed by atoms with E-state index in [1.54, 1.807) is 0 Å². The van der Waals surface area contributed by atoms with Crippen LogP contribution in [0.15, 0.2) is 6.33 Å². The molecular weight excluding hydrogens is 250 g/mol. The van der Waals surface area contributed by atoms with Crippen molar-refractivity contribution in [2.45, 2.75) is 39.5 Å². The normalized spacial score (nSPS) is 10.4. The van der Waals surface area contributed by atoms with Gasteiger partial charge in [-0.3, -0.25) is 4.79 Å². The number of hydrogen-bond donors (Lipinski definition) is 0. The number of aromatic nitrogens is 2. The molecule has 0 aliphatic heterocycles. The van der Waals surface area contributed by atoms with Gasteiger partial charge in [0, 0.05) is 13.1 Å². The lowest BCUT2D eigenvalue weighted by atomic mass is 10.2. The van der Waals surface area contributed by atoms with Crippen molar-refractivity contribution in [3.8, 4) is 0 Å². The summed E-state index contributed by atoms with van der Waals surface area (Å²) in [5.74, 6) is 0.659. The van der Waals surface area contributed by atoms with Crippen molar-refractivity contribution in [3.05, 3.63) is 17.0 Å². The number of anilines is 1. The number of hydrogen-bond acceptors (Lipinski definition) is 4. The predicted molar refractivity (Wildman–Crippen MR) is 74.5 cm³/mol. The van der Waals surface area contributed by atoms with Crippen molar-refractivity contribution < 1.29 is 4.79 Å². The van der Waals surface area contributed by atoms with Crippen LogP contribution < -0.4 is 4.90 Å². The molecule has 1 aromatic rings. The lowest BCUT2D eigenvalue weighted by molar-refractivity contribution is 0.112. The van der Waals surface area contributed by atoms with Crippen LogP contribution in [0.3, 0.4) is 0 Å². The van der Waals surface area contributed by atoms with Crippen LogP contribution in [0.25, 0.3) is 0 Å². The fraction of sp³-hybridized carbons (Fsp3) is 0.615. The Bertz CT molecular complexity index is 376. The second-order valence-corrected chi connectivity index (χ2v) is 4.57. The molecule has 1 rings (SSSR count). The van der Waals surface area contributed by atoms with Gasteiger partial charge in [-0.2, -0.15) is 0 Å². The number of carbonyl (C=O) groups excluding carboxylic acids is 1. The minimum Gasteiger partial charge on any atom is -0.356 e. The summed E-state index contributed by atoms with van der Waals surface area (Å²) in [7, 11) is 0. The molecule has 5 heteroatoms. The summed E-state index contributed by atoms with van der Waals surface area (Å²) in [6.45, 7) is 6.08. The number of aldehydes is 1. The van der Waals surface area contributed by atoms with Gasteiger partial charge >= 0.3 is 0 Å². The molecule has 0 unspecified atom stereocenters. The van der Waals surface area contributed by atoms with Gasteiger partial charge in [-0.25, -0.2) is 9.97 Å². The smallest absolute Gasteiger partial charge is 0.156 e. The first-order valence-electron chi connectivity index (χ1n) is 6.45. The Morgan fingerprint density at radius 3 is 2.33 bits per heavy atom. The minimum absolute atomic E-state index is 0.230. The van der Waals surface area contributed by atoms with Crippen LogP contribution in [-0.4, -0.2) is 29.3 Å². The monoisotopic (exact) mass is 269 g/mol. The summed E-state index contributed by atoms with van der Waals surface area (Å²) < 4.78 is 0. The maximum Gasteiger partial charge on any atom is 0.156 e. The fourth-order valence-corrected chi connectivity index (χ4v) is 1.91. The van der Waals surface area contributed by atoms with E-state index in [1.807, 2.05) is 0 Å². The summed E-state index contributed by atoms with van der Waals surface area (Å²) in [5.41, 5.74) is 0.395. The van der Waals surface area contributed by atoms with E-state index in [0.717, 1.165) is 45.1 Å². The molecule has 1 heterocycles. The largest absolute Gasteiger partial charge is 0.356 e. The average Bonchev–Trinajstić information content (AvgIpc) is 2.39. The average molecular weight is 270 g/mol. The van der Waals surface area contributed by atoms with Gasteiger partial charge in [0.1, 0.15) is 17.3 Å². The van der Waals surface area contributed by atoms with Gasteiger partial charge in [-0.1, -0.05) is 38.3 Å². The SMILES string of the molecule is CCCCN(CCCC)c1ncnc(Cl)c1C=O. The molecule has 0 bridgehead atoms. The van der Waals surface area contributed by atoms with E-state index in [0.29, 0.717) is 11.4 Å². The van der Waals surface area contributed by atoms with E-state index in [2.05, 4.69) is 28.7 Å². The first-order valence-corrected chi connectivity index (χ1v) is 6.83. The molecule has 0 N–H and O–H groups in total. The van der Waals surface area contributed by atoms with Gasteiger partial charge in [0.05, 0.1) is 5.56 Å². The van der Waals surface area contributed by atoms with Crippen molar-refractivity contribution in [3.63, 3.8) is 0 Å². The highest BCUT2D eigenvalue weighted by Crippen LogP contribution is 2.22. The highest BCUT2D eigenvalue weighted by atomic mass is 35.5. The fourth-order valence-electron chi connectivity index (χ4n) is 1.74. The van der Waals surface area contributed by atoms with Crippen LogP contribution in [0.5, 0.6) is 0 Å². The number of rotatable bonds is 8. The Balaban J connectivity index is 2.95. The first kappa shape index (κ1) is 14.9. The molecule has 0 saturated carbocycles. The maximum atomic E-state index is 11.1. The van der Waals surface area contributed by atoms with Gasteiger partial charge in [0.25, 0.3) is 0 Å². The molecular formula is C13H20ClN3O. The molecule has 0 aliphatic carbocycles. The lowest BCUT2D eigenvalue weighted by Crippen LogP contribution is -2.28. The molecule has 0 radical (unpaired) electrons. The second-order valence-electron chi connectivity index (χ2n) is 4.21. The Morgan fingerprint density at radius 2 is 1.83 bits per heavy atom. The summed E-state index contributed by atoms with van der Waals surface area (Å²) >= 11 is 5.93. The zero-order chi connectivity index (χ0) is 13.4. The maximum absolute atomic E-state index is 11.1. The molecule has 0 aliphatic rings. The highest BCUT2D eigenvalue weighted by molar-refractivity contribution is 6.32. The molecule has 18 heavy (non-hydrogen) atoms. The molecule has 0 fully saturated rings. The number of carbonyl (C=O) groups is 1. The third kappa shape index (κ3) is 3.95. The topological polar surface area (TPSA) is 46.1 Å². The van der Waals surface area contributed by atoms with Gasteiger partial charge < -0.3 is 4.90 Å². The van der Waals surface area contributed by atoms with Crippen molar-refractivity contribution in [1.29, 1.82) is 0 Å². The Morgan fingerprint density at radius 1 is 1.22 bits per heavy atom. The van der Waals surface area contributed by atoms with Crippen molar-refractivity contribution >= 4 is 23.7 Å².